The van der Waals surface area contributed by atoms with E-state index in [1.165, 1.54) is 0 Å². The summed E-state index contributed by atoms with van der Waals surface area (Å²) in [4.78, 5) is 0. The summed E-state index contributed by atoms with van der Waals surface area (Å²) in [5.41, 5.74) is 1.66. The molecule has 4 nitrogen and oxygen atoms in total. The van der Waals surface area contributed by atoms with E-state index in [-0.39, 0.29) is 0 Å². The third-order valence-electron chi connectivity index (χ3n) is 4.81. The number of nitrogens with zero attached hydrogens (tertiary/aromatic N) is 1. The van der Waals surface area contributed by atoms with Gasteiger partial charge in [0.15, 0.2) is 0 Å². The van der Waals surface area contributed by atoms with E-state index in [1.807, 2.05) is 56.3 Å². The van der Waals surface area contributed by atoms with Crippen molar-refractivity contribution >= 4 is 0 Å². The smallest absolute Gasteiger partial charge is 0.131 e. The molecule has 0 fully saturated rings. The molecule has 124 valence electrons. The minimum Gasteiger partial charge on any atom is -0.496 e. The van der Waals surface area contributed by atoms with Crippen molar-refractivity contribution in [3.8, 4) is 11.8 Å². The maximum atomic E-state index is 11.5. The molecule has 1 unspecified atom stereocenters. The first-order valence-electron chi connectivity index (χ1n) is 8.04. The molecule has 2 aromatic rings. The Morgan fingerprint density at radius 2 is 1.96 bits per heavy atom. The standard InChI is InChI=1S/C20H22N2O2/c1-19(2,12-21)15-8-9-18(24-3)17(10-15)20(23)13-22-11-14-6-4-5-7-16(14)20/h4-10,22-23H,11,13H2,1-3H3. The summed E-state index contributed by atoms with van der Waals surface area (Å²) in [6.45, 7) is 4.87. The first kappa shape index (κ1) is 16.5. The van der Waals surface area contributed by atoms with Crippen molar-refractivity contribution in [2.45, 2.75) is 31.4 Å². The number of rotatable bonds is 3. The van der Waals surface area contributed by atoms with Crippen LogP contribution >= 0.6 is 0 Å². The molecule has 1 aliphatic heterocycles. The van der Waals surface area contributed by atoms with Crippen LogP contribution in [0.15, 0.2) is 42.5 Å². The molecule has 0 amide bonds. The molecule has 4 heteroatoms. The lowest BCUT2D eigenvalue weighted by molar-refractivity contribution is 0.0686. The topological polar surface area (TPSA) is 65.3 Å². The average Bonchev–Trinajstić information content (AvgIpc) is 2.61. The second-order valence-corrected chi connectivity index (χ2v) is 6.77. The number of hydrogen-bond acceptors (Lipinski definition) is 4. The first-order valence-corrected chi connectivity index (χ1v) is 8.04. The minimum atomic E-state index is -1.19. The molecule has 2 N–H and O–H groups in total. The number of ether oxygens (including phenoxy) is 1. The SMILES string of the molecule is COc1ccc(C(C)(C)C#N)cc1C1(O)CNCc2ccccc21. The fraction of sp³-hybridized carbons (Fsp3) is 0.350. The Morgan fingerprint density at radius 1 is 1.21 bits per heavy atom. The van der Waals surface area contributed by atoms with Gasteiger partial charge in [-0.2, -0.15) is 5.26 Å². The first-order chi connectivity index (χ1) is 11.4. The van der Waals surface area contributed by atoms with Gasteiger partial charge in [-0.25, -0.2) is 0 Å². The molecule has 0 aromatic heterocycles. The molecular weight excluding hydrogens is 300 g/mol. The number of aliphatic hydroxyl groups is 1. The van der Waals surface area contributed by atoms with Gasteiger partial charge in [0, 0.05) is 18.7 Å². The maximum Gasteiger partial charge on any atom is 0.131 e. The van der Waals surface area contributed by atoms with Gasteiger partial charge in [-0.1, -0.05) is 30.3 Å². The number of nitrogens with one attached hydrogen (secondary N) is 1. The highest BCUT2D eigenvalue weighted by atomic mass is 16.5. The van der Waals surface area contributed by atoms with Crippen molar-refractivity contribution in [3.63, 3.8) is 0 Å². The van der Waals surface area contributed by atoms with Gasteiger partial charge >= 0.3 is 0 Å². The second kappa shape index (κ2) is 5.94. The van der Waals surface area contributed by atoms with E-state index in [0.717, 1.165) is 23.2 Å². The van der Waals surface area contributed by atoms with Crippen molar-refractivity contribution in [1.82, 2.24) is 5.32 Å². The number of benzene rings is 2. The molecule has 0 saturated heterocycles. The predicted octanol–water partition coefficient (Wildman–Crippen LogP) is 2.84. The van der Waals surface area contributed by atoms with Gasteiger partial charge in [0.05, 0.1) is 18.6 Å². The van der Waals surface area contributed by atoms with Crippen molar-refractivity contribution in [3.05, 3.63) is 64.7 Å². The Kier molecular flexibility index (Phi) is 4.08. The average molecular weight is 322 g/mol. The van der Waals surface area contributed by atoms with Gasteiger partial charge in [-0.05, 0) is 42.7 Å². The van der Waals surface area contributed by atoms with Crippen molar-refractivity contribution < 1.29 is 9.84 Å². The third kappa shape index (κ3) is 2.56. The summed E-state index contributed by atoms with van der Waals surface area (Å²) < 4.78 is 5.51. The number of fused-ring (bicyclic) bond motifs is 1. The van der Waals surface area contributed by atoms with Gasteiger partial charge < -0.3 is 15.2 Å². The van der Waals surface area contributed by atoms with Gasteiger partial charge in [0.1, 0.15) is 11.4 Å². The summed E-state index contributed by atoms with van der Waals surface area (Å²) >= 11 is 0. The monoisotopic (exact) mass is 322 g/mol. The van der Waals surface area contributed by atoms with Crippen LogP contribution in [-0.4, -0.2) is 18.8 Å². The van der Waals surface area contributed by atoms with E-state index in [1.54, 1.807) is 7.11 Å². The van der Waals surface area contributed by atoms with Crippen LogP contribution in [0.4, 0.5) is 0 Å². The predicted molar refractivity (Wildman–Crippen MR) is 92.8 cm³/mol. The van der Waals surface area contributed by atoms with Crippen LogP contribution in [0.5, 0.6) is 5.75 Å². The summed E-state index contributed by atoms with van der Waals surface area (Å²) in [5, 5.41) is 24.3. The van der Waals surface area contributed by atoms with E-state index in [2.05, 4.69) is 11.4 Å². The zero-order valence-electron chi connectivity index (χ0n) is 14.3. The fourth-order valence-electron chi connectivity index (χ4n) is 3.28. The summed E-state index contributed by atoms with van der Waals surface area (Å²) in [6, 6.07) is 15.8. The lowest BCUT2D eigenvalue weighted by Gasteiger charge is -2.37. The summed E-state index contributed by atoms with van der Waals surface area (Å²) in [7, 11) is 1.60. The minimum absolute atomic E-state index is 0.400. The Bertz CT molecular complexity index is 808. The zero-order chi connectivity index (χ0) is 17.4. The Balaban J connectivity index is 2.22. The maximum absolute atomic E-state index is 11.5. The largest absolute Gasteiger partial charge is 0.496 e. The van der Waals surface area contributed by atoms with E-state index in [0.29, 0.717) is 17.9 Å². The molecule has 0 saturated carbocycles. The molecule has 0 bridgehead atoms. The van der Waals surface area contributed by atoms with Crippen molar-refractivity contribution in [1.29, 1.82) is 5.26 Å². The van der Waals surface area contributed by atoms with E-state index in [4.69, 9.17) is 4.74 Å². The molecule has 1 aliphatic rings. The van der Waals surface area contributed by atoms with Crippen molar-refractivity contribution in [2.75, 3.05) is 13.7 Å². The second-order valence-electron chi connectivity index (χ2n) is 6.77. The molecular formula is C20H22N2O2. The molecule has 24 heavy (non-hydrogen) atoms. The highest BCUT2D eigenvalue weighted by Crippen LogP contribution is 2.40. The van der Waals surface area contributed by atoms with Crippen molar-refractivity contribution in [2.24, 2.45) is 0 Å². The molecule has 0 radical (unpaired) electrons. The van der Waals surface area contributed by atoms with Gasteiger partial charge in [-0.15, -0.1) is 0 Å². The Hall–Kier alpha value is -2.35. The van der Waals surface area contributed by atoms with Crippen LogP contribution in [0.2, 0.25) is 0 Å². The molecule has 0 spiro atoms. The van der Waals surface area contributed by atoms with Crippen LogP contribution in [0.1, 0.15) is 36.1 Å². The summed E-state index contributed by atoms with van der Waals surface area (Å²) in [6.07, 6.45) is 0. The quantitative estimate of drug-likeness (QED) is 0.912. The highest BCUT2D eigenvalue weighted by molar-refractivity contribution is 5.52. The number of hydrogen-bond donors (Lipinski definition) is 2. The third-order valence-corrected chi connectivity index (χ3v) is 4.81. The molecule has 1 atom stereocenters. The van der Waals surface area contributed by atoms with Gasteiger partial charge in [-0.3, -0.25) is 0 Å². The number of methoxy groups -OCH3 is 1. The van der Waals surface area contributed by atoms with Crippen LogP contribution < -0.4 is 10.1 Å². The van der Waals surface area contributed by atoms with Crippen LogP contribution in [0.25, 0.3) is 0 Å². The van der Waals surface area contributed by atoms with Crippen LogP contribution in [0, 0.1) is 11.3 Å². The highest BCUT2D eigenvalue weighted by Gasteiger charge is 2.39. The molecule has 0 aliphatic carbocycles. The van der Waals surface area contributed by atoms with Gasteiger partial charge in [0.2, 0.25) is 0 Å². The Labute approximate surface area is 142 Å². The zero-order valence-corrected chi connectivity index (χ0v) is 14.3. The van der Waals surface area contributed by atoms with Gasteiger partial charge in [0.25, 0.3) is 0 Å². The van der Waals surface area contributed by atoms with Crippen LogP contribution in [-0.2, 0) is 17.6 Å². The molecule has 3 rings (SSSR count). The van der Waals surface area contributed by atoms with E-state index < -0.39 is 11.0 Å². The molecule has 1 heterocycles. The van der Waals surface area contributed by atoms with Crippen LogP contribution in [0.3, 0.4) is 0 Å². The Morgan fingerprint density at radius 3 is 2.67 bits per heavy atom. The summed E-state index contributed by atoms with van der Waals surface area (Å²) in [5.74, 6) is 0.619. The van der Waals surface area contributed by atoms with E-state index in [9.17, 15) is 10.4 Å². The lowest BCUT2D eigenvalue weighted by atomic mass is 9.77. The fourth-order valence-corrected chi connectivity index (χ4v) is 3.28. The lowest BCUT2D eigenvalue weighted by Crippen LogP contribution is -2.44. The van der Waals surface area contributed by atoms with E-state index >= 15 is 0 Å². The molecule has 2 aromatic carbocycles. The number of nitriles is 1. The number of β-amino-alcohol motifs (C(OH)–C–C–N with tert-alkyl or cyclic N) is 1. The normalized spacial score (nSPS) is 20.1.